The van der Waals surface area contributed by atoms with Gasteiger partial charge in [0.15, 0.2) is 4.80 Å². The second-order valence-electron chi connectivity index (χ2n) is 11.6. The van der Waals surface area contributed by atoms with Gasteiger partial charge in [-0.1, -0.05) is 94.0 Å². The number of aryl methyl sites for hydroxylation is 1. The molecule has 5 aromatic carbocycles. The summed E-state index contributed by atoms with van der Waals surface area (Å²) in [4.78, 5) is 44.0. The molecule has 0 amide bonds. The maximum atomic E-state index is 14.5. The average Bonchev–Trinajstić information content (AvgIpc) is 3.42. The fraction of sp³-hybridized carbons (Fsp3) is 0.0789. The molecule has 0 N–H and O–H groups in total. The second kappa shape index (κ2) is 12.0. The van der Waals surface area contributed by atoms with E-state index in [0.29, 0.717) is 14.9 Å². The van der Waals surface area contributed by atoms with Gasteiger partial charge in [-0.2, -0.15) is 0 Å². The summed E-state index contributed by atoms with van der Waals surface area (Å²) in [6.07, 6.45) is 3.42. The van der Waals surface area contributed by atoms with Gasteiger partial charge in [-0.05, 0) is 76.7 Å². The van der Waals surface area contributed by atoms with Crippen LogP contribution in [0.25, 0.3) is 22.5 Å². The minimum absolute atomic E-state index is 0.125. The number of aromatic nitrogens is 1. The van der Waals surface area contributed by atoms with Gasteiger partial charge in [0.1, 0.15) is 5.75 Å². The molecule has 8 rings (SSSR count). The van der Waals surface area contributed by atoms with Crippen LogP contribution >= 0.6 is 27.3 Å². The van der Waals surface area contributed by atoms with Crippen LogP contribution < -0.4 is 19.6 Å². The first-order chi connectivity index (χ1) is 23.4. The molecular weight excluding hydrogens is 690 g/mol. The van der Waals surface area contributed by atoms with E-state index < -0.39 is 10.9 Å². The zero-order chi connectivity index (χ0) is 32.9. The number of carbonyl (C=O) groups excluding carboxylic acids is 1. The number of rotatable bonds is 5. The molecule has 2 aliphatic rings. The van der Waals surface area contributed by atoms with Gasteiger partial charge in [0.25, 0.3) is 11.2 Å². The predicted octanol–water partition coefficient (Wildman–Crippen LogP) is 7.36. The monoisotopic (exact) mass is 713 g/mol. The summed E-state index contributed by atoms with van der Waals surface area (Å²) in [5.41, 5.74) is 5.78. The summed E-state index contributed by atoms with van der Waals surface area (Å²) in [5, 5.41) is 12.8. The fourth-order valence-corrected chi connectivity index (χ4v) is 7.74. The number of esters is 1. The molecule has 0 saturated carbocycles. The topological polar surface area (TPSA) is 104 Å². The van der Waals surface area contributed by atoms with Crippen LogP contribution in [0.5, 0.6) is 5.75 Å². The maximum Gasteiger partial charge on any atom is 0.343 e. The average molecular weight is 715 g/mol. The highest BCUT2D eigenvalue weighted by atomic mass is 79.9. The highest BCUT2D eigenvalue weighted by Gasteiger charge is 2.32. The standard InChI is InChI=1S/C38H24BrN3O5S/c39-26-15-9-24(10-16-26)35-30-19-13-23-6-2-4-8-29(23)34(30)40-38-41(35)36(43)33(48-38)21-31-28-7-3-1-5-22(28)14-20-32(31)47-37(44)25-11-17-27(18-12-25)42(45)46/h1-12,14-18,20-21,35H,13,19H2/b33-21+/t35-/m0/s1. The Morgan fingerprint density at radius 1 is 0.938 bits per heavy atom. The van der Waals surface area contributed by atoms with Crippen molar-refractivity contribution in [1.82, 2.24) is 4.57 Å². The van der Waals surface area contributed by atoms with Crippen molar-refractivity contribution in [2.75, 3.05) is 0 Å². The van der Waals surface area contributed by atoms with Crippen molar-refractivity contribution in [3.63, 3.8) is 0 Å². The Balaban J connectivity index is 1.30. The molecule has 2 heterocycles. The van der Waals surface area contributed by atoms with Gasteiger partial charge in [0, 0.05) is 27.7 Å². The first-order valence-electron chi connectivity index (χ1n) is 15.2. The minimum Gasteiger partial charge on any atom is -0.422 e. The number of nitrogens with zero attached hydrogens (tertiary/aromatic N) is 3. The second-order valence-corrected chi connectivity index (χ2v) is 13.5. The van der Waals surface area contributed by atoms with Crippen molar-refractivity contribution < 1.29 is 14.5 Å². The lowest BCUT2D eigenvalue weighted by molar-refractivity contribution is -0.384. The van der Waals surface area contributed by atoms with Crippen LogP contribution in [0, 0.1) is 10.1 Å². The van der Waals surface area contributed by atoms with E-state index in [-0.39, 0.29) is 28.6 Å². The molecule has 48 heavy (non-hydrogen) atoms. The first-order valence-corrected chi connectivity index (χ1v) is 16.8. The Kier molecular flexibility index (Phi) is 7.46. The van der Waals surface area contributed by atoms with Crippen molar-refractivity contribution in [3.8, 4) is 5.75 Å². The SMILES string of the molecule is O=C(Oc1ccc2ccccc2c1/C=c1/sc2n(c1=O)[C@@H](c1ccc(Br)cc1)C1=C(N=2)c2ccccc2CC1)c1ccc([N+](=O)[O-])cc1. The number of fused-ring (bicyclic) bond motifs is 4. The molecule has 6 aromatic rings. The highest BCUT2D eigenvalue weighted by Crippen LogP contribution is 2.41. The molecular formula is C38H24BrN3O5S. The van der Waals surface area contributed by atoms with Crippen molar-refractivity contribution in [1.29, 1.82) is 0 Å². The van der Waals surface area contributed by atoms with Crippen molar-refractivity contribution in [3.05, 3.63) is 177 Å². The quantitative estimate of drug-likeness (QED) is 0.0804. The molecule has 0 spiro atoms. The molecule has 0 saturated heterocycles. The third-order valence-electron chi connectivity index (χ3n) is 8.78. The number of nitro benzene ring substituents is 1. The highest BCUT2D eigenvalue weighted by molar-refractivity contribution is 9.10. The molecule has 234 valence electrons. The van der Waals surface area contributed by atoms with E-state index in [1.54, 1.807) is 16.7 Å². The number of benzene rings is 5. The molecule has 0 radical (unpaired) electrons. The number of nitro groups is 1. The van der Waals surface area contributed by atoms with E-state index in [1.807, 2.05) is 66.7 Å². The summed E-state index contributed by atoms with van der Waals surface area (Å²) in [6.45, 7) is 0. The van der Waals surface area contributed by atoms with Crippen molar-refractivity contribution in [2.24, 2.45) is 4.99 Å². The number of carbonyl (C=O) groups is 1. The van der Waals surface area contributed by atoms with E-state index in [0.717, 1.165) is 50.5 Å². The molecule has 1 atom stereocenters. The van der Waals surface area contributed by atoms with E-state index in [1.165, 1.54) is 41.2 Å². The van der Waals surface area contributed by atoms with Crippen molar-refractivity contribution >= 4 is 61.5 Å². The van der Waals surface area contributed by atoms with E-state index >= 15 is 0 Å². The Morgan fingerprint density at radius 3 is 2.48 bits per heavy atom. The number of ether oxygens (including phenoxy) is 1. The minimum atomic E-state index is -0.669. The number of hydrogen-bond acceptors (Lipinski definition) is 7. The lowest BCUT2D eigenvalue weighted by Gasteiger charge is -2.30. The summed E-state index contributed by atoms with van der Waals surface area (Å²) >= 11 is 4.86. The summed E-state index contributed by atoms with van der Waals surface area (Å²) < 4.78 is 9.09. The van der Waals surface area contributed by atoms with Crippen LogP contribution in [0.3, 0.4) is 0 Å². The van der Waals surface area contributed by atoms with Gasteiger partial charge in [0.05, 0.1) is 26.8 Å². The van der Waals surface area contributed by atoms with Crippen LogP contribution in [-0.4, -0.2) is 15.5 Å². The predicted molar refractivity (Wildman–Crippen MR) is 189 cm³/mol. The van der Waals surface area contributed by atoms with Gasteiger partial charge in [-0.3, -0.25) is 19.5 Å². The van der Waals surface area contributed by atoms with Gasteiger partial charge < -0.3 is 4.74 Å². The molecule has 1 aliphatic heterocycles. The van der Waals surface area contributed by atoms with E-state index in [9.17, 15) is 19.7 Å². The molecule has 0 fully saturated rings. The molecule has 1 aromatic heterocycles. The Labute approximate surface area is 285 Å². The summed E-state index contributed by atoms with van der Waals surface area (Å²) in [6, 6.07) is 32.5. The molecule has 8 nitrogen and oxygen atoms in total. The summed E-state index contributed by atoms with van der Waals surface area (Å²) in [7, 11) is 0. The first kappa shape index (κ1) is 29.9. The van der Waals surface area contributed by atoms with Gasteiger partial charge in [0.2, 0.25) is 0 Å². The molecule has 0 unspecified atom stereocenters. The lowest BCUT2D eigenvalue weighted by atomic mass is 9.83. The molecule has 1 aliphatic carbocycles. The number of halogens is 1. The zero-order valence-corrected chi connectivity index (χ0v) is 27.5. The Bertz CT molecular complexity index is 2520. The van der Waals surface area contributed by atoms with Gasteiger partial charge in [-0.25, -0.2) is 9.79 Å². The number of allylic oxidation sites excluding steroid dienone is 1. The van der Waals surface area contributed by atoms with Gasteiger partial charge in [-0.15, -0.1) is 0 Å². The fourth-order valence-electron chi connectivity index (χ4n) is 6.49. The van der Waals surface area contributed by atoms with E-state index in [2.05, 4.69) is 28.1 Å². The number of thiazole rings is 1. The maximum absolute atomic E-state index is 14.5. The zero-order valence-electron chi connectivity index (χ0n) is 25.1. The van der Waals surface area contributed by atoms with Crippen molar-refractivity contribution in [2.45, 2.75) is 18.9 Å². The smallest absolute Gasteiger partial charge is 0.343 e. The molecule has 0 bridgehead atoms. The van der Waals surface area contributed by atoms with Crippen LogP contribution in [-0.2, 0) is 6.42 Å². The van der Waals surface area contributed by atoms with Crippen LogP contribution in [0.15, 0.2) is 129 Å². The Morgan fingerprint density at radius 2 is 1.69 bits per heavy atom. The third-order valence-corrected chi connectivity index (χ3v) is 10.3. The van der Waals surface area contributed by atoms with E-state index in [4.69, 9.17) is 9.73 Å². The Hall–Kier alpha value is -5.45. The third kappa shape index (κ3) is 5.19. The van der Waals surface area contributed by atoms with Gasteiger partial charge >= 0.3 is 5.97 Å². The summed E-state index contributed by atoms with van der Waals surface area (Å²) in [5.74, 6) is -0.404. The largest absolute Gasteiger partial charge is 0.422 e. The van der Waals surface area contributed by atoms with Crippen LogP contribution in [0.1, 0.15) is 45.1 Å². The number of non-ortho nitro benzene ring substituents is 1. The number of hydrogen-bond donors (Lipinski definition) is 0. The van der Waals surface area contributed by atoms with Crippen LogP contribution in [0.4, 0.5) is 5.69 Å². The molecule has 10 heteroatoms. The normalized spacial score (nSPS) is 15.4. The van der Waals surface area contributed by atoms with Crippen LogP contribution in [0.2, 0.25) is 0 Å². The lowest BCUT2D eigenvalue weighted by Crippen LogP contribution is -2.38.